The molecule has 3 heterocycles. The Morgan fingerprint density at radius 2 is 1.93 bits per heavy atom. The predicted octanol–water partition coefficient (Wildman–Crippen LogP) is 3.08. The first-order chi connectivity index (χ1) is 13.6. The summed E-state index contributed by atoms with van der Waals surface area (Å²) in [7, 11) is 2.16. The third-order valence-corrected chi connectivity index (χ3v) is 5.12. The summed E-state index contributed by atoms with van der Waals surface area (Å²) in [6.45, 7) is 4.37. The van der Waals surface area contributed by atoms with Crippen LogP contribution in [0.3, 0.4) is 0 Å². The molecule has 28 heavy (non-hydrogen) atoms. The molecule has 146 valence electrons. The van der Waals surface area contributed by atoms with Crippen molar-refractivity contribution in [3.05, 3.63) is 48.2 Å². The van der Waals surface area contributed by atoms with Crippen LogP contribution < -0.4 is 5.32 Å². The minimum Gasteiger partial charge on any atom is -0.462 e. The van der Waals surface area contributed by atoms with Crippen LogP contribution in [0.15, 0.2) is 42.6 Å². The quantitative estimate of drug-likeness (QED) is 0.687. The van der Waals surface area contributed by atoms with Crippen LogP contribution in [0.25, 0.3) is 16.9 Å². The fourth-order valence-electron chi connectivity index (χ4n) is 3.50. The second kappa shape index (κ2) is 7.98. The van der Waals surface area contributed by atoms with Crippen molar-refractivity contribution >= 4 is 17.4 Å². The number of fused-ring (bicyclic) bond motifs is 1. The Hall–Kier alpha value is -2.93. The van der Waals surface area contributed by atoms with Gasteiger partial charge in [0.05, 0.1) is 24.1 Å². The summed E-state index contributed by atoms with van der Waals surface area (Å²) in [5.41, 5.74) is 3.16. The van der Waals surface area contributed by atoms with E-state index in [1.807, 2.05) is 28.8 Å². The van der Waals surface area contributed by atoms with E-state index in [1.54, 1.807) is 25.3 Å². The summed E-state index contributed by atoms with van der Waals surface area (Å²) in [4.78, 5) is 18.6. The summed E-state index contributed by atoms with van der Waals surface area (Å²) >= 11 is 0. The molecule has 1 aromatic carbocycles. The molecule has 1 aliphatic rings. The molecule has 7 nitrogen and oxygen atoms in total. The molecule has 7 heteroatoms. The lowest BCUT2D eigenvalue weighted by molar-refractivity contribution is 0.0526. The molecule has 0 radical (unpaired) electrons. The third kappa shape index (κ3) is 3.84. The number of esters is 1. The number of likely N-dealkylation sites (tertiary alicyclic amines) is 1. The van der Waals surface area contributed by atoms with E-state index < -0.39 is 0 Å². The van der Waals surface area contributed by atoms with Crippen LogP contribution in [0.2, 0.25) is 0 Å². The van der Waals surface area contributed by atoms with Gasteiger partial charge in [-0.3, -0.25) is 0 Å². The monoisotopic (exact) mass is 379 g/mol. The van der Waals surface area contributed by atoms with Gasteiger partial charge in [0.25, 0.3) is 0 Å². The first-order valence-corrected chi connectivity index (χ1v) is 9.71. The normalized spacial score (nSPS) is 15.6. The van der Waals surface area contributed by atoms with Crippen molar-refractivity contribution in [1.82, 2.24) is 19.5 Å². The number of nitrogens with zero attached hydrogens (tertiary/aromatic N) is 4. The summed E-state index contributed by atoms with van der Waals surface area (Å²) in [5, 5.41) is 8.30. The van der Waals surface area contributed by atoms with Gasteiger partial charge in [-0.05, 0) is 64.2 Å². The van der Waals surface area contributed by atoms with E-state index in [0.29, 0.717) is 18.2 Å². The van der Waals surface area contributed by atoms with E-state index in [9.17, 15) is 4.79 Å². The van der Waals surface area contributed by atoms with Crippen LogP contribution in [0, 0.1) is 0 Å². The van der Waals surface area contributed by atoms with E-state index in [4.69, 9.17) is 9.84 Å². The van der Waals surface area contributed by atoms with E-state index in [1.165, 1.54) is 0 Å². The Labute approximate surface area is 164 Å². The van der Waals surface area contributed by atoms with Gasteiger partial charge in [-0.2, -0.15) is 0 Å². The zero-order valence-corrected chi connectivity index (χ0v) is 16.3. The summed E-state index contributed by atoms with van der Waals surface area (Å²) in [5.74, 6) is 0.541. The SMILES string of the molecule is CCOC(=O)c1ccc(-c2cnc3ccc(NC4CCN(C)CC4)nn23)cc1. The van der Waals surface area contributed by atoms with Crippen LogP contribution in [0.4, 0.5) is 5.82 Å². The lowest BCUT2D eigenvalue weighted by Gasteiger charge is -2.29. The fraction of sp³-hybridized carbons (Fsp3) is 0.381. The molecule has 2 aromatic heterocycles. The fourth-order valence-corrected chi connectivity index (χ4v) is 3.50. The van der Waals surface area contributed by atoms with Crippen LogP contribution in [-0.2, 0) is 4.74 Å². The standard InChI is InChI=1S/C21H25N5O2/c1-3-28-21(27)16-6-4-15(5-7-16)18-14-22-20-9-8-19(24-26(18)20)23-17-10-12-25(2)13-11-17/h4-9,14,17H,3,10-13H2,1-2H3,(H,23,24). The number of hydrogen-bond acceptors (Lipinski definition) is 6. The lowest BCUT2D eigenvalue weighted by atomic mass is 10.1. The second-order valence-electron chi connectivity index (χ2n) is 7.15. The molecule has 3 aromatic rings. The molecule has 0 saturated carbocycles. The minimum absolute atomic E-state index is 0.310. The Bertz CT molecular complexity index is 959. The average Bonchev–Trinajstić information content (AvgIpc) is 3.13. The number of carbonyl (C=O) groups is 1. The molecule has 0 unspecified atom stereocenters. The number of ether oxygens (including phenoxy) is 1. The number of hydrogen-bond donors (Lipinski definition) is 1. The van der Waals surface area contributed by atoms with Crippen molar-refractivity contribution in [1.29, 1.82) is 0 Å². The molecule has 0 aliphatic carbocycles. The van der Waals surface area contributed by atoms with Gasteiger partial charge in [0.2, 0.25) is 0 Å². The largest absolute Gasteiger partial charge is 0.462 e. The first kappa shape index (κ1) is 18.4. The maximum Gasteiger partial charge on any atom is 0.338 e. The molecule has 1 saturated heterocycles. The maximum atomic E-state index is 11.8. The highest BCUT2D eigenvalue weighted by Gasteiger charge is 2.17. The number of benzene rings is 1. The van der Waals surface area contributed by atoms with Crippen LogP contribution in [0.1, 0.15) is 30.1 Å². The number of anilines is 1. The minimum atomic E-state index is -0.310. The van der Waals surface area contributed by atoms with E-state index >= 15 is 0 Å². The Morgan fingerprint density at radius 1 is 1.18 bits per heavy atom. The Balaban J connectivity index is 1.57. The van der Waals surface area contributed by atoms with Crippen molar-refractivity contribution in [2.45, 2.75) is 25.8 Å². The van der Waals surface area contributed by atoms with Crippen molar-refractivity contribution in [2.24, 2.45) is 0 Å². The van der Waals surface area contributed by atoms with Crippen LogP contribution in [0.5, 0.6) is 0 Å². The van der Waals surface area contributed by atoms with Crippen LogP contribution >= 0.6 is 0 Å². The third-order valence-electron chi connectivity index (χ3n) is 5.12. The van der Waals surface area contributed by atoms with E-state index in [0.717, 1.165) is 48.7 Å². The highest BCUT2D eigenvalue weighted by molar-refractivity contribution is 5.90. The van der Waals surface area contributed by atoms with Gasteiger partial charge >= 0.3 is 5.97 Å². The highest BCUT2D eigenvalue weighted by Crippen LogP contribution is 2.22. The first-order valence-electron chi connectivity index (χ1n) is 9.71. The molecular formula is C21H25N5O2. The summed E-state index contributed by atoms with van der Waals surface area (Å²) < 4.78 is 6.89. The highest BCUT2D eigenvalue weighted by atomic mass is 16.5. The van der Waals surface area contributed by atoms with Crippen molar-refractivity contribution in [2.75, 3.05) is 32.1 Å². The second-order valence-corrected chi connectivity index (χ2v) is 7.15. The topological polar surface area (TPSA) is 71.8 Å². The van der Waals surface area contributed by atoms with Gasteiger partial charge in [0, 0.05) is 11.6 Å². The summed E-state index contributed by atoms with van der Waals surface area (Å²) in [6.07, 6.45) is 4.03. The van der Waals surface area contributed by atoms with Crippen LogP contribution in [-0.4, -0.2) is 58.3 Å². The molecule has 4 rings (SSSR count). The molecule has 1 fully saturated rings. The zero-order chi connectivity index (χ0) is 19.5. The molecule has 0 spiro atoms. The van der Waals surface area contributed by atoms with Crippen molar-refractivity contribution < 1.29 is 9.53 Å². The Morgan fingerprint density at radius 3 is 2.64 bits per heavy atom. The summed E-state index contributed by atoms with van der Waals surface area (Å²) in [6, 6.07) is 11.7. The molecule has 0 amide bonds. The molecule has 0 bridgehead atoms. The number of nitrogens with one attached hydrogen (secondary N) is 1. The number of imidazole rings is 1. The molecule has 1 aliphatic heterocycles. The van der Waals surface area contributed by atoms with Crippen molar-refractivity contribution in [3.63, 3.8) is 0 Å². The van der Waals surface area contributed by atoms with Gasteiger partial charge < -0.3 is 15.0 Å². The van der Waals surface area contributed by atoms with Gasteiger partial charge in [-0.15, -0.1) is 5.10 Å². The van der Waals surface area contributed by atoms with Gasteiger partial charge in [0.15, 0.2) is 5.65 Å². The van der Waals surface area contributed by atoms with E-state index in [2.05, 4.69) is 22.2 Å². The van der Waals surface area contributed by atoms with Gasteiger partial charge in [-0.1, -0.05) is 12.1 Å². The Kier molecular flexibility index (Phi) is 5.25. The molecule has 1 N–H and O–H groups in total. The van der Waals surface area contributed by atoms with Gasteiger partial charge in [-0.25, -0.2) is 14.3 Å². The average molecular weight is 379 g/mol. The number of carbonyl (C=O) groups excluding carboxylic acids is 1. The van der Waals surface area contributed by atoms with Crippen molar-refractivity contribution in [3.8, 4) is 11.3 Å². The molecule has 0 atom stereocenters. The smallest absolute Gasteiger partial charge is 0.338 e. The zero-order valence-electron chi connectivity index (χ0n) is 16.3. The van der Waals surface area contributed by atoms with Gasteiger partial charge in [0.1, 0.15) is 5.82 Å². The lowest BCUT2D eigenvalue weighted by Crippen LogP contribution is -2.36. The molecular weight excluding hydrogens is 354 g/mol. The predicted molar refractivity (Wildman–Crippen MR) is 109 cm³/mol. The number of rotatable bonds is 5. The van der Waals surface area contributed by atoms with E-state index in [-0.39, 0.29) is 5.97 Å². The number of aromatic nitrogens is 3. The number of piperidine rings is 1. The maximum absolute atomic E-state index is 11.8.